The molecule has 0 N–H and O–H groups in total. The third kappa shape index (κ3) is 1.79. The summed E-state index contributed by atoms with van der Waals surface area (Å²) in [5.74, 6) is 1.54. The first-order valence-electron chi connectivity index (χ1n) is 5.96. The second kappa shape index (κ2) is 3.85. The maximum Gasteiger partial charge on any atom is 0.256 e. The summed E-state index contributed by atoms with van der Waals surface area (Å²) >= 11 is 0. The Kier molecular flexibility index (Phi) is 2.35. The van der Waals surface area contributed by atoms with Crippen LogP contribution in [-0.2, 0) is 0 Å². The number of hydrogen-bond acceptors (Lipinski definition) is 3. The van der Waals surface area contributed by atoms with Crippen molar-refractivity contribution >= 4 is 5.91 Å². The van der Waals surface area contributed by atoms with Gasteiger partial charge in [-0.25, -0.2) is 9.97 Å². The minimum Gasteiger partial charge on any atom is -0.339 e. The molecular weight excluding hydrogens is 202 g/mol. The van der Waals surface area contributed by atoms with Gasteiger partial charge < -0.3 is 4.90 Å². The average molecular weight is 217 g/mol. The van der Waals surface area contributed by atoms with E-state index in [9.17, 15) is 4.79 Å². The van der Waals surface area contributed by atoms with E-state index in [-0.39, 0.29) is 5.91 Å². The van der Waals surface area contributed by atoms with Gasteiger partial charge in [0.05, 0.1) is 5.56 Å². The van der Waals surface area contributed by atoms with Crippen molar-refractivity contribution in [1.82, 2.24) is 14.9 Å². The molecule has 0 radical (unpaired) electrons. The Balaban J connectivity index is 1.75. The van der Waals surface area contributed by atoms with Crippen LogP contribution in [0.2, 0.25) is 0 Å². The zero-order valence-corrected chi connectivity index (χ0v) is 9.22. The van der Waals surface area contributed by atoms with E-state index in [1.54, 1.807) is 12.4 Å². The molecule has 1 amide bonds. The van der Waals surface area contributed by atoms with Crippen molar-refractivity contribution < 1.29 is 4.79 Å². The minimum atomic E-state index is 0.0832. The molecule has 2 heterocycles. The van der Waals surface area contributed by atoms with Crippen LogP contribution in [0.1, 0.15) is 47.8 Å². The van der Waals surface area contributed by atoms with E-state index < -0.39 is 0 Å². The molecule has 1 saturated heterocycles. The fourth-order valence-corrected chi connectivity index (χ4v) is 2.10. The lowest BCUT2D eigenvalue weighted by molar-refractivity contribution is 0.0792. The Hall–Kier alpha value is -1.45. The van der Waals surface area contributed by atoms with Crippen LogP contribution in [0, 0.1) is 0 Å². The first-order chi connectivity index (χ1) is 7.84. The smallest absolute Gasteiger partial charge is 0.256 e. The van der Waals surface area contributed by atoms with Crippen LogP contribution in [0.15, 0.2) is 12.4 Å². The molecule has 2 aliphatic rings. The van der Waals surface area contributed by atoms with Crippen LogP contribution < -0.4 is 0 Å². The first kappa shape index (κ1) is 9.75. The first-order valence-corrected chi connectivity index (χ1v) is 5.96. The molecule has 1 saturated carbocycles. The molecule has 1 aromatic heterocycles. The molecule has 0 unspecified atom stereocenters. The molecule has 1 aromatic rings. The number of amides is 1. The lowest BCUT2D eigenvalue weighted by Gasteiger charge is -2.14. The summed E-state index contributed by atoms with van der Waals surface area (Å²) in [4.78, 5) is 22.4. The molecule has 0 atom stereocenters. The monoisotopic (exact) mass is 217 g/mol. The predicted molar refractivity (Wildman–Crippen MR) is 59.1 cm³/mol. The van der Waals surface area contributed by atoms with Crippen molar-refractivity contribution in [3.05, 3.63) is 23.8 Å². The Morgan fingerprint density at radius 1 is 1.19 bits per heavy atom. The van der Waals surface area contributed by atoms with Crippen LogP contribution in [0.4, 0.5) is 0 Å². The standard InChI is InChI=1S/C12H15N3O/c16-12(15-5-1-2-6-15)10-7-13-11(14-8-10)9-3-4-9/h7-9H,1-6H2. The lowest BCUT2D eigenvalue weighted by atomic mass is 10.3. The van der Waals surface area contributed by atoms with Crippen molar-refractivity contribution in [3.8, 4) is 0 Å². The molecule has 3 rings (SSSR count). The van der Waals surface area contributed by atoms with Crippen molar-refractivity contribution in [2.24, 2.45) is 0 Å². The Morgan fingerprint density at radius 3 is 2.38 bits per heavy atom. The molecule has 16 heavy (non-hydrogen) atoms. The summed E-state index contributed by atoms with van der Waals surface area (Å²) < 4.78 is 0. The van der Waals surface area contributed by atoms with Gasteiger partial charge in [-0.2, -0.15) is 0 Å². The number of hydrogen-bond donors (Lipinski definition) is 0. The van der Waals surface area contributed by atoms with Gasteiger partial charge in [0.15, 0.2) is 0 Å². The fourth-order valence-electron chi connectivity index (χ4n) is 2.10. The highest BCUT2D eigenvalue weighted by Gasteiger charge is 2.27. The highest BCUT2D eigenvalue weighted by molar-refractivity contribution is 5.93. The molecule has 4 heteroatoms. The largest absolute Gasteiger partial charge is 0.339 e. The van der Waals surface area contributed by atoms with Crippen molar-refractivity contribution in [3.63, 3.8) is 0 Å². The summed E-state index contributed by atoms with van der Waals surface area (Å²) in [7, 11) is 0. The lowest BCUT2D eigenvalue weighted by Crippen LogP contribution is -2.27. The van der Waals surface area contributed by atoms with E-state index in [0.717, 1.165) is 31.8 Å². The zero-order chi connectivity index (χ0) is 11.0. The molecule has 4 nitrogen and oxygen atoms in total. The minimum absolute atomic E-state index is 0.0832. The molecule has 0 spiro atoms. The SMILES string of the molecule is O=C(c1cnc(C2CC2)nc1)N1CCCC1. The van der Waals surface area contributed by atoms with E-state index in [1.165, 1.54) is 12.8 Å². The van der Waals surface area contributed by atoms with Crippen LogP contribution in [0.3, 0.4) is 0 Å². The molecule has 1 aliphatic carbocycles. The van der Waals surface area contributed by atoms with E-state index in [1.807, 2.05) is 4.90 Å². The Bertz CT molecular complexity index is 391. The number of rotatable bonds is 2. The maximum atomic E-state index is 12.0. The molecule has 0 aromatic carbocycles. The van der Waals surface area contributed by atoms with Gasteiger partial charge >= 0.3 is 0 Å². The molecule has 84 valence electrons. The van der Waals surface area contributed by atoms with Gasteiger partial charge in [0.1, 0.15) is 5.82 Å². The van der Waals surface area contributed by atoms with Gasteiger partial charge in [-0.15, -0.1) is 0 Å². The van der Waals surface area contributed by atoms with Gasteiger partial charge in [0.25, 0.3) is 5.91 Å². The van der Waals surface area contributed by atoms with E-state index in [2.05, 4.69) is 9.97 Å². The maximum absolute atomic E-state index is 12.0. The van der Waals surface area contributed by atoms with Gasteiger partial charge in [0.2, 0.25) is 0 Å². The fraction of sp³-hybridized carbons (Fsp3) is 0.583. The van der Waals surface area contributed by atoms with Crippen LogP contribution >= 0.6 is 0 Å². The third-order valence-electron chi connectivity index (χ3n) is 3.25. The summed E-state index contributed by atoms with van der Waals surface area (Å²) in [6.45, 7) is 1.76. The number of likely N-dealkylation sites (tertiary alicyclic amines) is 1. The van der Waals surface area contributed by atoms with Crippen molar-refractivity contribution in [2.45, 2.75) is 31.6 Å². The highest BCUT2D eigenvalue weighted by Crippen LogP contribution is 2.37. The normalized spacial score (nSPS) is 20.1. The van der Waals surface area contributed by atoms with Gasteiger partial charge in [-0.1, -0.05) is 0 Å². The third-order valence-corrected chi connectivity index (χ3v) is 3.25. The van der Waals surface area contributed by atoms with Crippen molar-refractivity contribution in [1.29, 1.82) is 0 Å². The summed E-state index contributed by atoms with van der Waals surface area (Å²) in [5.41, 5.74) is 0.631. The number of nitrogens with zero attached hydrogens (tertiary/aromatic N) is 3. The van der Waals surface area contributed by atoms with Gasteiger partial charge in [0, 0.05) is 31.4 Å². The molecule has 0 bridgehead atoms. The average Bonchev–Trinajstić information content (AvgIpc) is 3.04. The van der Waals surface area contributed by atoms with Crippen LogP contribution in [0.25, 0.3) is 0 Å². The van der Waals surface area contributed by atoms with Crippen LogP contribution in [-0.4, -0.2) is 33.9 Å². The summed E-state index contributed by atoms with van der Waals surface area (Å²) in [6, 6.07) is 0. The second-order valence-corrected chi connectivity index (χ2v) is 4.60. The van der Waals surface area contributed by atoms with E-state index in [0.29, 0.717) is 11.5 Å². The second-order valence-electron chi connectivity index (χ2n) is 4.60. The van der Waals surface area contributed by atoms with Gasteiger partial charge in [-0.05, 0) is 25.7 Å². The Labute approximate surface area is 94.7 Å². The highest BCUT2D eigenvalue weighted by atomic mass is 16.2. The van der Waals surface area contributed by atoms with E-state index in [4.69, 9.17) is 0 Å². The van der Waals surface area contributed by atoms with Crippen LogP contribution in [0.5, 0.6) is 0 Å². The molecule has 1 aliphatic heterocycles. The predicted octanol–water partition coefficient (Wildman–Crippen LogP) is 1.59. The quantitative estimate of drug-likeness (QED) is 0.755. The Morgan fingerprint density at radius 2 is 1.81 bits per heavy atom. The number of carbonyl (C=O) groups excluding carboxylic acids is 1. The number of aromatic nitrogens is 2. The van der Waals surface area contributed by atoms with Gasteiger partial charge in [-0.3, -0.25) is 4.79 Å². The topological polar surface area (TPSA) is 46.1 Å². The van der Waals surface area contributed by atoms with E-state index >= 15 is 0 Å². The summed E-state index contributed by atoms with van der Waals surface area (Å²) in [6.07, 6.45) is 7.99. The molecular formula is C12H15N3O. The van der Waals surface area contributed by atoms with Crippen molar-refractivity contribution in [2.75, 3.05) is 13.1 Å². The summed E-state index contributed by atoms with van der Waals surface area (Å²) in [5, 5.41) is 0. The molecule has 2 fully saturated rings. The zero-order valence-electron chi connectivity index (χ0n) is 9.22. The number of carbonyl (C=O) groups is 1.